The minimum atomic E-state index is -0.176. The lowest BCUT2D eigenvalue weighted by Gasteiger charge is -2.08. The van der Waals surface area contributed by atoms with Gasteiger partial charge in [-0.3, -0.25) is 9.48 Å². The van der Waals surface area contributed by atoms with Gasteiger partial charge in [0.15, 0.2) is 0 Å². The van der Waals surface area contributed by atoms with Gasteiger partial charge in [0.25, 0.3) is 5.91 Å². The second kappa shape index (κ2) is 6.90. The number of nitrogens with one attached hydrogen (secondary N) is 1. The van der Waals surface area contributed by atoms with Crippen LogP contribution in [0.4, 0.5) is 5.69 Å². The van der Waals surface area contributed by atoms with Crippen LogP contribution in [0.5, 0.6) is 0 Å². The summed E-state index contributed by atoms with van der Waals surface area (Å²) in [5.41, 5.74) is 6.60. The van der Waals surface area contributed by atoms with Crippen LogP contribution in [0.25, 0.3) is 0 Å². The Hall–Kier alpha value is -1.56. The lowest BCUT2D eigenvalue weighted by Crippen LogP contribution is -2.28. The maximum absolute atomic E-state index is 11.9. The molecule has 17 heavy (non-hydrogen) atoms. The molecule has 96 valence electrons. The number of aryl methyl sites for hydroxylation is 1. The van der Waals surface area contributed by atoms with Crippen LogP contribution in [0.1, 0.15) is 30.3 Å². The third-order valence-corrected chi connectivity index (χ3v) is 2.33. The highest BCUT2D eigenvalue weighted by molar-refractivity contribution is 5.97. The molecule has 0 unspecified atom stereocenters. The summed E-state index contributed by atoms with van der Waals surface area (Å²) in [6.45, 7) is 3.92. The van der Waals surface area contributed by atoms with Gasteiger partial charge in [-0.05, 0) is 12.8 Å². The van der Waals surface area contributed by atoms with E-state index in [-0.39, 0.29) is 5.91 Å². The smallest absolute Gasteiger partial charge is 0.271 e. The molecule has 0 saturated carbocycles. The number of rotatable bonds is 7. The van der Waals surface area contributed by atoms with Crippen LogP contribution in [-0.4, -0.2) is 35.9 Å². The normalized spacial score (nSPS) is 10.5. The Morgan fingerprint density at radius 1 is 1.65 bits per heavy atom. The van der Waals surface area contributed by atoms with E-state index >= 15 is 0 Å². The topological polar surface area (TPSA) is 82.2 Å². The van der Waals surface area contributed by atoms with Crippen molar-refractivity contribution in [2.75, 3.05) is 26.0 Å². The maximum atomic E-state index is 11.9. The maximum Gasteiger partial charge on any atom is 0.271 e. The van der Waals surface area contributed by atoms with Crippen molar-refractivity contribution in [2.45, 2.75) is 26.3 Å². The van der Waals surface area contributed by atoms with Crippen molar-refractivity contribution in [2.24, 2.45) is 0 Å². The van der Waals surface area contributed by atoms with Gasteiger partial charge in [-0.15, -0.1) is 0 Å². The molecule has 1 rings (SSSR count). The molecule has 0 bridgehead atoms. The van der Waals surface area contributed by atoms with Crippen LogP contribution < -0.4 is 11.1 Å². The number of nitrogens with two attached hydrogens (primary N) is 1. The first-order chi connectivity index (χ1) is 8.20. The summed E-state index contributed by atoms with van der Waals surface area (Å²) in [6, 6.07) is 0. The predicted molar refractivity (Wildman–Crippen MR) is 65.8 cm³/mol. The van der Waals surface area contributed by atoms with Crippen molar-refractivity contribution in [1.29, 1.82) is 0 Å². The third-order valence-electron chi connectivity index (χ3n) is 2.33. The summed E-state index contributed by atoms with van der Waals surface area (Å²) in [4.78, 5) is 11.9. The molecule has 0 aliphatic rings. The van der Waals surface area contributed by atoms with E-state index in [4.69, 9.17) is 10.5 Å². The van der Waals surface area contributed by atoms with Crippen molar-refractivity contribution in [3.63, 3.8) is 0 Å². The van der Waals surface area contributed by atoms with Gasteiger partial charge in [0, 0.05) is 26.8 Å². The summed E-state index contributed by atoms with van der Waals surface area (Å²) in [6.07, 6.45) is 3.20. The molecule has 0 aromatic carbocycles. The Bertz CT molecular complexity index is 362. The monoisotopic (exact) mass is 240 g/mol. The number of anilines is 1. The molecule has 0 aliphatic heterocycles. The molecule has 0 spiro atoms. The second-order valence-corrected chi connectivity index (χ2v) is 3.77. The van der Waals surface area contributed by atoms with Gasteiger partial charge in [0.2, 0.25) is 0 Å². The van der Waals surface area contributed by atoms with E-state index in [1.54, 1.807) is 11.8 Å². The number of ether oxygens (including phenoxy) is 1. The molecule has 1 aromatic rings. The molecular weight excluding hydrogens is 220 g/mol. The number of hydrogen-bond acceptors (Lipinski definition) is 4. The SMILES string of the molecule is CCCn1ncc(N)c1C(=O)NCCCOC. The number of amides is 1. The molecule has 6 nitrogen and oxygen atoms in total. The predicted octanol–water partition coefficient (Wildman–Crippen LogP) is 0.642. The minimum Gasteiger partial charge on any atom is -0.396 e. The van der Waals surface area contributed by atoms with Crippen LogP contribution in [-0.2, 0) is 11.3 Å². The lowest BCUT2D eigenvalue weighted by atomic mass is 10.3. The second-order valence-electron chi connectivity index (χ2n) is 3.77. The third kappa shape index (κ3) is 3.74. The van der Waals surface area contributed by atoms with Gasteiger partial charge >= 0.3 is 0 Å². The van der Waals surface area contributed by atoms with Crippen LogP contribution in [0.3, 0.4) is 0 Å². The van der Waals surface area contributed by atoms with Crippen molar-refractivity contribution in [3.05, 3.63) is 11.9 Å². The number of aromatic nitrogens is 2. The van der Waals surface area contributed by atoms with E-state index in [9.17, 15) is 4.79 Å². The molecule has 0 radical (unpaired) electrons. The molecule has 0 fully saturated rings. The summed E-state index contributed by atoms with van der Waals surface area (Å²) < 4.78 is 6.55. The Labute approximate surface area is 101 Å². The van der Waals surface area contributed by atoms with Crippen LogP contribution in [0.2, 0.25) is 0 Å². The Balaban J connectivity index is 2.58. The minimum absolute atomic E-state index is 0.176. The van der Waals surface area contributed by atoms with Gasteiger partial charge in [0.1, 0.15) is 5.69 Å². The van der Waals surface area contributed by atoms with E-state index in [2.05, 4.69) is 10.4 Å². The van der Waals surface area contributed by atoms with Crippen molar-refractivity contribution in [3.8, 4) is 0 Å². The zero-order valence-corrected chi connectivity index (χ0v) is 10.4. The highest BCUT2D eigenvalue weighted by Gasteiger charge is 2.15. The highest BCUT2D eigenvalue weighted by atomic mass is 16.5. The van der Waals surface area contributed by atoms with Crippen molar-refractivity contribution in [1.82, 2.24) is 15.1 Å². The first-order valence-corrected chi connectivity index (χ1v) is 5.79. The molecular formula is C11H20N4O2. The number of nitrogens with zero attached hydrogens (tertiary/aromatic N) is 2. The fraction of sp³-hybridized carbons (Fsp3) is 0.636. The average Bonchev–Trinajstić information content (AvgIpc) is 2.66. The Morgan fingerprint density at radius 2 is 2.41 bits per heavy atom. The van der Waals surface area contributed by atoms with Gasteiger partial charge in [-0.25, -0.2) is 0 Å². The zero-order chi connectivity index (χ0) is 12.7. The number of hydrogen-bond donors (Lipinski definition) is 2. The quantitative estimate of drug-likeness (QED) is 0.685. The van der Waals surface area contributed by atoms with E-state index < -0.39 is 0 Å². The van der Waals surface area contributed by atoms with Gasteiger partial charge in [-0.2, -0.15) is 5.10 Å². The van der Waals surface area contributed by atoms with E-state index in [1.807, 2.05) is 6.92 Å². The first-order valence-electron chi connectivity index (χ1n) is 5.79. The Kier molecular flexibility index (Phi) is 5.48. The molecule has 3 N–H and O–H groups in total. The van der Waals surface area contributed by atoms with Crippen LogP contribution in [0, 0.1) is 0 Å². The number of nitrogen functional groups attached to an aromatic ring is 1. The average molecular weight is 240 g/mol. The molecule has 1 amide bonds. The summed E-state index contributed by atoms with van der Waals surface area (Å²) in [5, 5.41) is 6.88. The number of methoxy groups -OCH3 is 1. The molecule has 6 heteroatoms. The largest absolute Gasteiger partial charge is 0.396 e. The number of carbonyl (C=O) groups is 1. The van der Waals surface area contributed by atoms with Gasteiger partial charge in [0.05, 0.1) is 11.9 Å². The van der Waals surface area contributed by atoms with E-state index in [0.29, 0.717) is 31.1 Å². The zero-order valence-electron chi connectivity index (χ0n) is 10.4. The molecule has 1 heterocycles. The van der Waals surface area contributed by atoms with Crippen LogP contribution in [0.15, 0.2) is 6.20 Å². The standard InChI is InChI=1S/C11H20N4O2/c1-3-6-15-10(9(12)8-14-15)11(16)13-5-4-7-17-2/h8H,3-7,12H2,1-2H3,(H,13,16). The lowest BCUT2D eigenvalue weighted by molar-refractivity contribution is 0.0938. The van der Waals surface area contributed by atoms with Crippen LogP contribution >= 0.6 is 0 Å². The fourth-order valence-electron chi connectivity index (χ4n) is 1.53. The first kappa shape index (κ1) is 13.5. The summed E-state index contributed by atoms with van der Waals surface area (Å²) in [5.74, 6) is -0.176. The van der Waals surface area contributed by atoms with Gasteiger partial charge in [-0.1, -0.05) is 6.92 Å². The summed E-state index contributed by atoms with van der Waals surface area (Å²) in [7, 11) is 1.64. The number of carbonyl (C=O) groups excluding carboxylic acids is 1. The fourth-order valence-corrected chi connectivity index (χ4v) is 1.53. The van der Waals surface area contributed by atoms with E-state index in [1.165, 1.54) is 6.20 Å². The summed E-state index contributed by atoms with van der Waals surface area (Å²) >= 11 is 0. The van der Waals surface area contributed by atoms with Crippen molar-refractivity contribution < 1.29 is 9.53 Å². The van der Waals surface area contributed by atoms with Crippen molar-refractivity contribution >= 4 is 11.6 Å². The molecule has 0 saturated heterocycles. The highest BCUT2D eigenvalue weighted by Crippen LogP contribution is 2.10. The molecule has 0 aliphatic carbocycles. The Morgan fingerprint density at radius 3 is 3.06 bits per heavy atom. The van der Waals surface area contributed by atoms with E-state index in [0.717, 1.165) is 12.8 Å². The molecule has 0 atom stereocenters. The molecule has 1 aromatic heterocycles. The van der Waals surface area contributed by atoms with Gasteiger partial charge < -0.3 is 15.8 Å².